The van der Waals surface area contributed by atoms with Crippen LogP contribution in [0.2, 0.25) is 0 Å². The summed E-state index contributed by atoms with van der Waals surface area (Å²) in [6.07, 6.45) is 5.06. The Morgan fingerprint density at radius 3 is 2.73 bits per heavy atom. The summed E-state index contributed by atoms with van der Waals surface area (Å²) in [7, 11) is 0. The molecule has 0 bridgehead atoms. The Bertz CT molecular complexity index is 1140. The van der Waals surface area contributed by atoms with Crippen LogP contribution in [-0.4, -0.2) is 44.8 Å². The van der Waals surface area contributed by atoms with Gasteiger partial charge in [0, 0.05) is 19.0 Å². The number of nitrogens with one attached hydrogen (secondary N) is 2. The van der Waals surface area contributed by atoms with Gasteiger partial charge < -0.3 is 20.5 Å². The average Bonchev–Trinajstić information content (AvgIpc) is 3.41. The molecule has 3 aromatic rings. The number of hydrogen-bond donors (Lipinski definition) is 3. The Balaban J connectivity index is 1.63. The van der Waals surface area contributed by atoms with Crippen molar-refractivity contribution in [2.24, 2.45) is 5.73 Å². The molecule has 2 atom stereocenters. The minimum absolute atomic E-state index is 0.0731. The summed E-state index contributed by atoms with van der Waals surface area (Å²) in [5.41, 5.74) is 7.18. The summed E-state index contributed by atoms with van der Waals surface area (Å²) in [6.45, 7) is 0.0155. The molecule has 11 heteroatoms. The summed E-state index contributed by atoms with van der Waals surface area (Å²) < 4.78 is 38.6. The Morgan fingerprint density at radius 1 is 1.24 bits per heavy atom. The van der Waals surface area contributed by atoms with Crippen LogP contribution in [0.5, 0.6) is 11.5 Å². The number of H-pyrrole nitrogens is 1. The number of aromatic amines is 1. The molecule has 2 heterocycles. The molecular formula is C22H23F2N7O2. The van der Waals surface area contributed by atoms with Crippen molar-refractivity contribution in [1.82, 2.24) is 20.2 Å². The minimum atomic E-state index is -3.00. The van der Waals surface area contributed by atoms with Crippen molar-refractivity contribution >= 4 is 11.6 Å². The van der Waals surface area contributed by atoms with E-state index in [2.05, 4.69) is 25.5 Å². The fourth-order valence-corrected chi connectivity index (χ4v) is 3.55. The van der Waals surface area contributed by atoms with Crippen LogP contribution in [0.4, 0.5) is 20.4 Å². The molecule has 4 N–H and O–H groups in total. The predicted molar refractivity (Wildman–Crippen MR) is 116 cm³/mol. The Hall–Kier alpha value is -3.78. The second-order valence-corrected chi connectivity index (χ2v) is 7.99. The van der Waals surface area contributed by atoms with E-state index in [-0.39, 0.29) is 23.6 Å². The van der Waals surface area contributed by atoms with Gasteiger partial charge in [0.15, 0.2) is 18.1 Å². The molecule has 1 saturated carbocycles. The lowest BCUT2D eigenvalue weighted by molar-refractivity contribution is -0.0228. The number of nitriles is 1. The zero-order chi connectivity index (χ0) is 23.4. The summed E-state index contributed by atoms with van der Waals surface area (Å²) in [6, 6.07) is 8.71. The SMILES string of the molecule is CC(F)(F)COc1cccc(O[C@@H]2CC[C@H](N)C2)c1-c1cc(Nc2cnc(C#N)cn2)n[nH]1. The van der Waals surface area contributed by atoms with Gasteiger partial charge >= 0.3 is 0 Å². The number of nitrogens with zero attached hydrogens (tertiary/aromatic N) is 4. The lowest BCUT2D eigenvalue weighted by Gasteiger charge is -2.20. The van der Waals surface area contributed by atoms with Crippen LogP contribution in [-0.2, 0) is 0 Å². The van der Waals surface area contributed by atoms with Gasteiger partial charge in [-0.2, -0.15) is 10.4 Å². The van der Waals surface area contributed by atoms with Crippen molar-refractivity contribution in [1.29, 1.82) is 5.26 Å². The molecule has 1 aliphatic rings. The van der Waals surface area contributed by atoms with Crippen molar-refractivity contribution in [3.63, 3.8) is 0 Å². The highest BCUT2D eigenvalue weighted by Gasteiger charge is 2.27. The maximum Gasteiger partial charge on any atom is 0.278 e. The number of benzene rings is 1. The highest BCUT2D eigenvalue weighted by atomic mass is 19.3. The Kier molecular flexibility index (Phi) is 6.37. The van der Waals surface area contributed by atoms with E-state index in [0.717, 1.165) is 19.8 Å². The fraction of sp³-hybridized carbons (Fsp3) is 0.364. The van der Waals surface area contributed by atoms with E-state index in [1.165, 1.54) is 12.4 Å². The zero-order valence-corrected chi connectivity index (χ0v) is 17.9. The van der Waals surface area contributed by atoms with Gasteiger partial charge in [0.05, 0.1) is 23.7 Å². The lowest BCUT2D eigenvalue weighted by Crippen LogP contribution is -2.21. The molecule has 2 aromatic heterocycles. The van der Waals surface area contributed by atoms with Crippen molar-refractivity contribution in [3.05, 3.63) is 42.4 Å². The third-order valence-corrected chi connectivity index (χ3v) is 5.06. The number of halogens is 2. The largest absolute Gasteiger partial charge is 0.490 e. The molecule has 0 aliphatic heterocycles. The maximum atomic E-state index is 13.5. The normalized spacial score (nSPS) is 18.0. The van der Waals surface area contributed by atoms with Crippen molar-refractivity contribution in [3.8, 4) is 28.8 Å². The molecule has 0 radical (unpaired) electrons. The molecule has 1 aromatic carbocycles. The first-order valence-electron chi connectivity index (χ1n) is 10.4. The van der Waals surface area contributed by atoms with Crippen LogP contribution in [0.3, 0.4) is 0 Å². The quantitative estimate of drug-likeness (QED) is 0.467. The molecule has 0 saturated heterocycles. The second-order valence-electron chi connectivity index (χ2n) is 7.99. The van der Waals surface area contributed by atoms with Gasteiger partial charge in [0.2, 0.25) is 0 Å². The van der Waals surface area contributed by atoms with Gasteiger partial charge in [-0.05, 0) is 31.4 Å². The molecular weight excluding hydrogens is 432 g/mol. The average molecular weight is 455 g/mol. The molecule has 0 amide bonds. The molecule has 0 unspecified atom stereocenters. The second kappa shape index (κ2) is 9.38. The monoisotopic (exact) mass is 455 g/mol. The molecule has 1 aliphatic carbocycles. The minimum Gasteiger partial charge on any atom is -0.490 e. The number of nitrogens with two attached hydrogens (primary N) is 1. The molecule has 0 spiro atoms. The zero-order valence-electron chi connectivity index (χ0n) is 17.9. The summed E-state index contributed by atoms with van der Waals surface area (Å²) in [5.74, 6) is -1.47. The molecule has 9 nitrogen and oxygen atoms in total. The van der Waals surface area contributed by atoms with Crippen LogP contribution >= 0.6 is 0 Å². The molecule has 1 fully saturated rings. The van der Waals surface area contributed by atoms with E-state index in [4.69, 9.17) is 20.5 Å². The number of anilines is 2. The smallest absolute Gasteiger partial charge is 0.278 e. The predicted octanol–water partition coefficient (Wildman–Crippen LogP) is 3.77. The number of aromatic nitrogens is 4. The Morgan fingerprint density at radius 2 is 2.06 bits per heavy atom. The van der Waals surface area contributed by atoms with E-state index < -0.39 is 12.5 Å². The fourth-order valence-electron chi connectivity index (χ4n) is 3.55. The van der Waals surface area contributed by atoms with E-state index in [0.29, 0.717) is 35.1 Å². The lowest BCUT2D eigenvalue weighted by atomic mass is 10.1. The molecule has 172 valence electrons. The van der Waals surface area contributed by atoms with Crippen LogP contribution in [0, 0.1) is 11.3 Å². The van der Waals surface area contributed by atoms with Gasteiger partial charge in [0.25, 0.3) is 5.92 Å². The summed E-state index contributed by atoms with van der Waals surface area (Å²) in [4.78, 5) is 8.05. The van der Waals surface area contributed by atoms with Gasteiger partial charge in [-0.1, -0.05) is 6.07 Å². The van der Waals surface area contributed by atoms with Gasteiger partial charge in [-0.3, -0.25) is 5.10 Å². The van der Waals surface area contributed by atoms with Crippen molar-refractivity contribution in [2.75, 3.05) is 11.9 Å². The van der Waals surface area contributed by atoms with E-state index >= 15 is 0 Å². The number of hydrogen-bond acceptors (Lipinski definition) is 8. The van der Waals surface area contributed by atoms with Gasteiger partial charge in [0.1, 0.15) is 29.5 Å². The standard InChI is InChI=1S/C22H23F2N7O2/c1-22(23,24)12-32-17-3-2-4-18(33-15-6-5-13(26)7-15)21(17)16-8-19(31-30-16)29-20-11-27-14(9-25)10-28-20/h2-4,8,10-11,13,15H,5-7,12,26H2,1H3,(H2,28,29,30,31)/t13-,15+/m0/s1. The third kappa shape index (κ3) is 5.72. The number of rotatable bonds is 8. The maximum absolute atomic E-state index is 13.5. The summed E-state index contributed by atoms with van der Waals surface area (Å²) in [5, 5.41) is 18.9. The summed E-state index contributed by atoms with van der Waals surface area (Å²) >= 11 is 0. The van der Waals surface area contributed by atoms with E-state index in [9.17, 15) is 8.78 Å². The van der Waals surface area contributed by atoms with E-state index in [1.807, 2.05) is 6.07 Å². The van der Waals surface area contributed by atoms with Gasteiger partial charge in [-0.15, -0.1) is 0 Å². The first-order valence-corrected chi connectivity index (χ1v) is 10.4. The van der Waals surface area contributed by atoms with Crippen LogP contribution in [0.1, 0.15) is 31.9 Å². The van der Waals surface area contributed by atoms with Crippen molar-refractivity contribution in [2.45, 2.75) is 44.3 Å². The van der Waals surface area contributed by atoms with E-state index in [1.54, 1.807) is 24.3 Å². The molecule has 4 rings (SSSR count). The number of ether oxygens (including phenoxy) is 2. The highest BCUT2D eigenvalue weighted by Crippen LogP contribution is 2.40. The molecule has 33 heavy (non-hydrogen) atoms. The topological polar surface area (TPSA) is 135 Å². The Labute approximate surface area is 189 Å². The van der Waals surface area contributed by atoms with Crippen LogP contribution in [0.15, 0.2) is 36.7 Å². The van der Waals surface area contributed by atoms with Gasteiger partial charge in [-0.25, -0.2) is 18.7 Å². The number of alkyl halides is 2. The van der Waals surface area contributed by atoms with Crippen molar-refractivity contribution < 1.29 is 18.3 Å². The third-order valence-electron chi connectivity index (χ3n) is 5.06. The first-order chi connectivity index (χ1) is 15.8. The van der Waals surface area contributed by atoms with Crippen LogP contribution < -0.4 is 20.5 Å². The first kappa shape index (κ1) is 22.4. The highest BCUT2D eigenvalue weighted by molar-refractivity contribution is 5.76. The van der Waals surface area contributed by atoms with Crippen LogP contribution in [0.25, 0.3) is 11.3 Å².